The molecule has 0 bridgehead atoms. The summed E-state index contributed by atoms with van der Waals surface area (Å²) in [6, 6.07) is 11.1. The van der Waals surface area contributed by atoms with Crippen molar-refractivity contribution in [3.63, 3.8) is 0 Å². The van der Waals surface area contributed by atoms with E-state index in [4.69, 9.17) is 4.74 Å². The Morgan fingerprint density at radius 3 is 2.32 bits per heavy atom. The van der Waals surface area contributed by atoms with E-state index in [1.165, 1.54) is 30.1 Å². The second-order valence-electron chi connectivity index (χ2n) is 8.00. The van der Waals surface area contributed by atoms with Gasteiger partial charge in [0.2, 0.25) is 5.91 Å². The standard InChI is InChI=1S/C25H23N3O5S/c1-14-8-7-11-21(15(14)2)28(17(4)29)25-26-18(13-34-25)12-33-24(32)16(3)27-22(30)19-9-5-6-10-20(19)23(27)31/h5-11,13,16H,12H2,1-4H3. The summed E-state index contributed by atoms with van der Waals surface area (Å²) in [5.41, 5.74) is 3.76. The molecule has 34 heavy (non-hydrogen) atoms. The number of fused-ring (bicyclic) bond motifs is 1. The van der Waals surface area contributed by atoms with E-state index in [9.17, 15) is 19.2 Å². The average Bonchev–Trinajstić information content (AvgIpc) is 3.37. The van der Waals surface area contributed by atoms with Gasteiger partial charge >= 0.3 is 5.97 Å². The van der Waals surface area contributed by atoms with Gasteiger partial charge in [-0.1, -0.05) is 24.3 Å². The van der Waals surface area contributed by atoms with Crippen molar-refractivity contribution in [2.24, 2.45) is 0 Å². The molecule has 1 unspecified atom stereocenters. The number of thiazole rings is 1. The van der Waals surface area contributed by atoms with E-state index >= 15 is 0 Å². The molecule has 0 N–H and O–H groups in total. The van der Waals surface area contributed by atoms with E-state index in [0.29, 0.717) is 10.8 Å². The zero-order valence-corrected chi connectivity index (χ0v) is 20.0. The number of benzene rings is 2. The van der Waals surface area contributed by atoms with Gasteiger partial charge in [0.15, 0.2) is 5.13 Å². The number of carbonyl (C=O) groups is 4. The Bertz CT molecular complexity index is 1280. The molecule has 0 aliphatic carbocycles. The van der Waals surface area contributed by atoms with Crippen molar-refractivity contribution in [1.29, 1.82) is 0 Å². The Labute approximate surface area is 200 Å². The summed E-state index contributed by atoms with van der Waals surface area (Å²) in [5, 5.41) is 2.16. The molecule has 2 heterocycles. The maximum Gasteiger partial charge on any atom is 0.329 e. The first-order valence-corrected chi connectivity index (χ1v) is 11.5. The minimum absolute atomic E-state index is 0.151. The first-order valence-electron chi connectivity index (χ1n) is 10.7. The van der Waals surface area contributed by atoms with Crippen molar-refractivity contribution < 1.29 is 23.9 Å². The largest absolute Gasteiger partial charge is 0.458 e. The molecule has 4 rings (SSSR count). The fourth-order valence-corrected chi connectivity index (χ4v) is 4.65. The molecule has 0 radical (unpaired) electrons. The summed E-state index contributed by atoms with van der Waals surface area (Å²) < 4.78 is 5.36. The zero-order valence-electron chi connectivity index (χ0n) is 19.2. The second-order valence-corrected chi connectivity index (χ2v) is 8.84. The molecule has 0 fully saturated rings. The molecule has 1 atom stereocenters. The first-order chi connectivity index (χ1) is 16.2. The van der Waals surface area contributed by atoms with Crippen molar-refractivity contribution in [3.05, 3.63) is 75.8 Å². The van der Waals surface area contributed by atoms with Gasteiger partial charge < -0.3 is 4.74 Å². The van der Waals surface area contributed by atoms with E-state index in [0.717, 1.165) is 21.7 Å². The molecule has 1 aromatic heterocycles. The highest BCUT2D eigenvalue weighted by molar-refractivity contribution is 7.14. The average molecular weight is 478 g/mol. The lowest BCUT2D eigenvalue weighted by Crippen LogP contribution is -2.43. The van der Waals surface area contributed by atoms with Crippen molar-refractivity contribution in [2.75, 3.05) is 4.90 Å². The topological polar surface area (TPSA) is 96.9 Å². The minimum Gasteiger partial charge on any atom is -0.458 e. The normalized spacial score (nSPS) is 13.6. The molecule has 3 amide bonds. The number of anilines is 2. The van der Waals surface area contributed by atoms with Crippen LogP contribution < -0.4 is 4.90 Å². The van der Waals surface area contributed by atoms with Gasteiger partial charge in [-0.25, -0.2) is 9.78 Å². The molecular weight excluding hydrogens is 454 g/mol. The molecular formula is C25H23N3O5S. The minimum atomic E-state index is -1.09. The number of aromatic nitrogens is 1. The number of ether oxygens (including phenoxy) is 1. The van der Waals surface area contributed by atoms with Gasteiger partial charge in [0.05, 0.1) is 22.5 Å². The molecule has 0 saturated carbocycles. The van der Waals surface area contributed by atoms with Crippen LogP contribution in [-0.2, 0) is 20.9 Å². The lowest BCUT2D eigenvalue weighted by molar-refractivity contribution is -0.149. The van der Waals surface area contributed by atoms with Crippen molar-refractivity contribution in [3.8, 4) is 0 Å². The molecule has 8 nitrogen and oxygen atoms in total. The van der Waals surface area contributed by atoms with Crippen molar-refractivity contribution >= 4 is 45.8 Å². The van der Waals surface area contributed by atoms with Gasteiger partial charge in [-0.2, -0.15) is 0 Å². The number of hydrogen-bond donors (Lipinski definition) is 0. The van der Waals surface area contributed by atoms with Crippen LogP contribution in [0.25, 0.3) is 0 Å². The van der Waals surface area contributed by atoms with Gasteiger partial charge in [0.1, 0.15) is 12.6 Å². The maximum absolute atomic E-state index is 12.6. The highest BCUT2D eigenvalue weighted by Crippen LogP contribution is 2.32. The molecule has 2 aromatic carbocycles. The molecule has 3 aromatic rings. The number of nitrogens with zero attached hydrogens (tertiary/aromatic N) is 3. The predicted octanol–water partition coefficient (Wildman–Crippen LogP) is 4.17. The van der Waals surface area contributed by atoms with Gasteiger partial charge in [0.25, 0.3) is 11.8 Å². The Balaban J connectivity index is 1.46. The number of rotatable bonds is 6. The van der Waals surface area contributed by atoms with Crippen molar-refractivity contribution in [1.82, 2.24) is 9.88 Å². The third-order valence-electron chi connectivity index (χ3n) is 5.78. The van der Waals surface area contributed by atoms with Crippen LogP contribution in [0.3, 0.4) is 0 Å². The van der Waals surface area contributed by atoms with Crippen LogP contribution in [0.15, 0.2) is 47.8 Å². The van der Waals surface area contributed by atoms with Crippen LogP contribution in [0.1, 0.15) is 51.4 Å². The lowest BCUT2D eigenvalue weighted by Gasteiger charge is -2.21. The van der Waals surface area contributed by atoms with Crippen LogP contribution in [0.2, 0.25) is 0 Å². The number of aryl methyl sites for hydroxylation is 1. The summed E-state index contributed by atoms with van der Waals surface area (Å²) in [6.07, 6.45) is 0. The van der Waals surface area contributed by atoms with E-state index in [1.807, 2.05) is 32.0 Å². The Morgan fingerprint density at radius 1 is 1.06 bits per heavy atom. The SMILES string of the molecule is CC(=O)N(c1nc(COC(=O)C(C)N2C(=O)c3ccccc3C2=O)cs1)c1cccc(C)c1C. The summed E-state index contributed by atoms with van der Waals surface area (Å²) in [7, 11) is 0. The smallest absolute Gasteiger partial charge is 0.329 e. The van der Waals surface area contributed by atoms with Gasteiger partial charge in [0, 0.05) is 12.3 Å². The van der Waals surface area contributed by atoms with Crippen LogP contribution in [-0.4, -0.2) is 39.6 Å². The van der Waals surface area contributed by atoms with E-state index < -0.39 is 23.8 Å². The number of amides is 3. The summed E-state index contributed by atoms with van der Waals surface area (Å²) in [4.78, 5) is 57.2. The quantitative estimate of drug-likeness (QED) is 0.390. The zero-order chi connectivity index (χ0) is 24.6. The van der Waals surface area contributed by atoms with E-state index in [1.54, 1.807) is 29.6 Å². The highest BCUT2D eigenvalue weighted by Gasteiger charge is 2.41. The number of esters is 1. The summed E-state index contributed by atoms with van der Waals surface area (Å²) in [5.74, 6) is -1.95. The monoisotopic (exact) mass is 477 g/mol. The fraction of sp³-hybridized carbons (Fsp3) is 0.240. The first kappa shape index (κ1) is 23.3. The van der Waals surface area contributed by atoms with E-state index in [2.05, 4.69) is 4.98 Å². The van der Waals surface area contributed by atoms with Crippen molar-refractivity contribution in [2.45, 2.75) is 40.3 Å². The number of imide groups is 1. The van der Waals surface area contributed by atoms with Gasteiger partial charge in [-0.05, 0) is 50.1 Å². The highest BCUT2D eigenvalue weighted by atomic mass is 32.1. The van der Waals surface area contributed by atoms with Gasteiger partial charge in [-0.3, -0.25) is 24.2 Å². The lowest BCUT2D eigenvalue weighted by atomic mass is 10.1. The summed E-state index contributed by atoms with van der Waals surface area (Å²) in [6.45, 7) is 6.68. The van der Waals surface area contributed by atoms with Gasteiger partial charge in [-0.15, -0.1) is 11.3 Å². The molecule has 0 spiro atoms. The van der Waals surface area contributed by atoms with Crippen LogP contribution in [0.4, 0.5) is 10.8 Å². The Morgan fingerprint density at radius 2 is 1.71 bits per heavy atom. The summed E-state index contributed by atoms with van der Waals surface area (Å²) >= 11 is 1.26. The number of hydrogen-bond acceptors (Lipinski definition) is 7. The second kappa shape index (κ2) is 9.18. The third-order valence-corrected chi connectivity index (χ3v) is 6.65. The molecule has 1 aliphatic rings. The van der Waals surface area contributed by atoms with Crippen LogP contribution in [0, 0.1) is 13.8 Å². The molecule has 0 saturated heterocycles. The third kappa shape index (κ3) is 4.10. The molecule has 174 valence electrons. The van der Waals surface area contributed by atoms with Crippen LogP contribution >= 0.6 is 11.3 Å². The molecule has 1 aliphatic heterocycles. The Kier molecular flexibility index (Phi) is 6.30. The van der Waals surface area contributed by atoms with Crippen LogP contribution in [0.5, 0.6) is 0 Å². The number of carbonyl (C=O) groups excluding carboxylic acids is 4. The Hall–Kier alpha value is -3.85. The van der Waals surface area contributed by atoms with E-state index in [-0.39, 0.29) is 23.6 Å². The maximum atomic E-state index is 12.6. The molecule has 9 heteroatoms. The predicted molar refractivity (Wildman–Crippen MR) is 127 cm³/mol. The fourth-order valence-electron chi connectivity index (χ4n) is 3.78.